The summed E-state index contributed by atoms with van der Waals surface area (Å²) in [5.41, 5.74) is 2.24. The van der Waals surface area contributed by atoms with Gasteiger partial charge in [0.25, 0.3) is 5.91 Å². The Morgan fingerprint density at radius 1 is 1.11 bits per heavy atom. The Hall–Kier alpha value is -3.12. The van der Waals surface area contributed by atoms with E-state index in [0.717, 1.165) is 11.1 Å². The Balaban J connectivity index is 1.70. The molecule has 0 fully saturated rings. The third-order valence-electron chi connectivity index (χ3n) is 3.46. The van der Waals surface area contributed by atoms with Gasteiger partial charge in [-0.25, -0.2) is 0 Å². The van der Waals surface area contributed by atoms with Crippen molar-refractivity contribution in [3.05, 3.63) is 70.8 Å². The van der Waals surface area contributed by atoms with Crippen LogP contribution in [0, 0.1) is 6.92 Å². The molecule has 0 bridgehead atoms. The molecule has 0 aliphatic heterocycles. The normalized spacial score (nSPS) is 10.4. The monoisotopic (exact) mass is 386 g/mol. The second-order valence-corrected chi connectivity index (χ2v) is 6.07. The quantitative estimate of drug-likeness (QED) is 0.566. The molecule has 0 heterocycles. The minimum absolute atomic E-state index is 0.328. The van der Waals surface area contributed by atoms with Gasteiger partial charge in [0.2, 0.25) is 5.91 Å². The molecule has 2 aromatic carbocycles. The van der Waals surface area contributed by atoms with Gasteiger partial charge in [0.1, 0.15) is 6.54 Å². The smallest absolute Gasteiger partial charge is 0.325 e. The van der Waals surface area contributed by atoms with Crippen molar-refractivity contribution in [3.8, 4) is 0 Å². The van der Waals surface area contributed by atoms with E-state index < -0.39 is 24.4 Å². The van der Waals surface area contributed by atoms with Crippen LogP contribution in [0.1, 0.15) is 11.1 Å². The van der Waals surface area contributed by atoms with Gasteiger partial charge in [-0.1, -0.05) is 41.9 Å². The molecular formula is C20H19ClN2O4. The first-order valence-corrected chi connectivity index (χ1v) is 8.54. The molecule has 0 radical (unpaired) electrons. The number of carbonyl (C=O) groups excluding carboxylic acids is 3. The van der Waals surface area contributed by atoms with Crippen molar-refractivity contribution in [2.45, 2.75) is 6.92 Å². The summed E-state index contributed by atoms with van der Waals surface area (Å²) in [5.74, 6) is -1.62. The van der Waals surface area contributed by atoms with Crippen molar-refractivity contribution < 1.29 is 19.1 Å². The highest BCUT2D eigenvalue weighted by Crippen LogP contribution is 2.19. The number of amides is 2. The highest BCUT2D eigenvalue weighted by molar-refractivity contribution is 6.30. The molecule has 0 saturated carbocycles. The Morgan fingerprint density at radius 2 is 1.85 bits per heavy atom. The predicted molar refractivity (Wildman–Crippen MR) is 104 cm³/mol. The maximum absolute atomic E-state index is 11.8. The van der Waals surface area contributed by atoms with E-state index in [-0.39, 0.29) is 6.54 Å². The van der Waals surface area contributed by atoms with E-state index in [4.69, 9.17) is 16.3 Å². The van der Waals surface area contributed by atoms with Crippen molar-refractivity contribution in [2.75, 3.05) is 18.5 Å². The molecule has 2 N–H and O–H groups in total. The van der Waals surface area contributed by atoms with Gasteiger partial charge in [0.15, 0.2) is 6.61 Å². The second-order valence-electron chi connectivity index (χ2n) is 5.63. The summed E-state index contributed by atoms with van der Waals surface area (Å²) in [6, 6.07) is 14.3. The van der Waals surface area contributed by atoms with E-state index in [0.29, 0.717) is 10.7 Å². The van der Waals surface area contributed by atoms with Crippen molar-refractivity contribution in [1.82, 2.24) is 5.32 Å². The van der Waals surface area contributed by atoms with Crippen LogP contribution in [0.5, 0.6) is 0 Å². The van der Waals surface area contributed by atoms with Gasteiger partial charge in [-0.2, -0.15) is 0 Å². The lowest BCUT2D eigenvalue weighted by Crippen LogP contribution is -2.31. The Labute approximate surface area is 162 Å². The zero-order chi connectivity index (χ0) is 19.6. The average molecular weight is 387 g/mol. The van der Waals surface area contributed by atoms with Crippen LogP contribution in [-0.4, -0.2) is 30.9 Å². The van der Waals surface area contributed by atoms with Crippen LogP contribution in [0.4, 0.5) is 5.69 Å². The fraction of sp³-hybridized carbons (Fsp3) is 0.150. The topological polar surface area (TPSA) is 84.5 Å². The Kier molecular flexibility index (Phi) is 7.58. The van der Waals surface area contributed by atoms with E-state index in [2.05, 4.69) is 10.6 Å². The van der Waals surface area contributed by atoms with E-state index in [9.17, 15) is 14.4 Å². The molecule has 0 saturated heterocycles. The third-order valence-corrected chi connectivity index (χ3v) is 3.70. The van der Waals surface area contributed by atoms with Gasteiger partial charge in [-0.15, -0.1) is 0 Å². The minimum atomic E-state index is -0.709. The van der Waals surface area contributed by atoms with Crippen LogP contribution >= 0.6 is 11.6 Å². The molecule has 0 atom stereocenters. The van der Waals surface area contributed by atoms with Gasteiger partial charge < -0.3 is 15.4 Å². The van der Waals surface area contributed by atoms with Crippen LogP contribution in [0.15, 0.2) is 54.6 Å². The number of rotatable bonds is 7. The van der Waals surface area contributed by atoms with Crippen molar-refractivity contribution >= 4 is 41.1 Å². The molecule has 0 spiro atoms. The zero-order valence-corrected chi connectivity index (χ0v) is 15.5. The molecular weight excluding hydrogens is 368 g/mol. The van der Waals surface area contributed by atoms with Crippen LogP contribution in [0.25, 0.3) is 6.08 Å². The van der Waals surface area contributed by atoms with Crippen LogP contribution in [0.3, 0.4) is 0 Å². The van der Waals surface area contributed by atoms with Crippen molar-refractivity contribution in [3.63, 3.8) is 0 Å². The average Bonchev–Trinajstić information content (AvgIpc) is 2.66. The van der Waals surface area contributed by atoms with Gasteiger partial charge >= 0.3 is 5.97 Å². The summed E-state index contributed by atoms with van der Waals surface area (Å²) in [4.78, 5) is 35.1. The maximum atomic E-state index is 11.8. The lowest BCUT2D eigenvalue weighted by molar-refractivity contribution is -0.146. The van der Waals surface area contributed by atoms with Crippen molar-refractivity contribution in [1.29, 1.82) is 0 Å². The lowest BCUT2D eigenvalue weighted by atomic mass is 10.2. The standard InChI is InChI=1S/C20H19ClN2O4/c1-14-11-16(21)8-9-17(14)23-19(25)13-27-20(26)12-22-18(24)10-7-15-5-3-2-4-6-15/h2-11H,12-13H2,1H3,(H,22,24)(H,23,25)/b10-7+. The zero-order valence-electron chi connectivity index (χ0n) is 14.7. The van der Waals surface area contributed by atoms with E-state index in [1.54, 1.807) is 31.2 Å². The summed E-state index contributed by atoms with van der Waals surface area (Å²) < 4.78 is 4.84. The summed E-state index contributed by atoms with van der Waals surface area (Å²) in [6.07, 6.45) is 2.95. The Morgan fingerprint density at radius 3 is 2.56 bits per heavy atom. The van der Waals surface area contributed by atoms with Gasteiger partial charge in [0, 0.05) is 16.8 Å². The molecule has 0 unspecified atom stereocenters. The molecule has 2 aromatic rings. The largest absolute Gasteiger partial charge is 0.454 e. The minimum Gasteiger partial charge on any atom is -0.454 e. The number of aryl methyl sites for hydroxylation is 1. The van der Waals surface area contributed by atoms with Crippen LogP contribution in [0.2, 0.25) is 5.02 Å². The van der Waals surface area contributed by atoms with E-state index >= 15 is 0 Å². The molecule has 27 heavy (non-hydrogen) atoms. The fourth-order valence-corrected chi connectivity index (χ4v) is 2.33. The molecule has 2 rings (SSSR count). The number of halogens is 1. The number of anilines is 1. The second kappa shape index (κ2) is 10.1. The molecule has 140 valence electrons. The Bertz CT molecular complexity index is 850. The first-order chi connectivity index (χ1) is 12.9. The number of esters is 1. The third kappa shape index (κ3) is 7.33. The number of hydrogen-bond acceptors (Lipinski definition) is 4. The van der Waals surface area contributed by atoms with Gasteiger partial charge in [0.05, 0.1) is 0 Å². The number of ether oxygens (including phenoxy) is 1. The molecule has 0 aromatic heterocycles. The molecule has 6 nitrogen and oxygen atoms in total. The van der Waals surface area contributed by atoms with Gasteiger partial charge in [-0.3, -0.25) is 14.4 Å². The fourth-order valence-electron chi connectivity index (χ4n) is 2.10. The summed E-state index contributed by atoms with van der Waals surface area (Å²) in [7, 11) is 0. The highest BCUT2D eigenvalue weighted by atomic mass is 35.5. The maximum Gasteiger partial charge on any atom is 0.325 e. The van der Waals surface area contributed by atoms with E-state index in [1.165, 1.54) is 6.08 Å². The van der Waals surface area contributed by atoms with Crippen LogP contribution < -0.4 is 10.6 Å². The summed E-state index contributed by atoms with van der Waals surface area (Å²) in [5, 5.41) is 5.58. The highest BCUT2D eigenvalue weighted by Gasteiger charge is 2.10. The SMILES string of the molecule is Cc1cc(Cl)ccc1NC(=O)COC(=O)CNC(=O)/C=C/c1ccccc1. The first-order valence-electron chi connectivity index (χ1n) is 8.16. The number of hydrogen-bond donors (Lipinski definition) is 2. The lowest BCUT2D eigenvalue weighted by Gasteiger charge is -2.09. The predicted octanol–water partition coefficient (Wildman–Crippen LogP) is 2.96. The number of benzene rings is 2. The first kappa shape index (κ1) is 20.2. The molecule has 0 aliphatic carbocycles. The molecule has 0 aliphatic rings. The van der Waals surface area contributed by atoms with Crippen LogP contribution in [-0.2, 0) is 19.1 Å². The molecule has 2 amide bonds. The summed E-state index contributed by atoms with van der Waals surface area (Å²) in [6.45, 7) is 1.02. The van der Waals surface area contributed by atoms with E-state index in [1.807, 2.05) is 30.3 Å². The van der Waals surface area contributed by atoms with Gasteiger partial charge in [-0.05, 0) is 42.3 Å². The number of nitrogens with one attached hydrogen (secondary N) is 2. The summed E-state index contributed by atoms with van der Waals surface area (Å²) >= 11 is 5.85. The molecule has 7 heteroatoms. The number of carbonyl (C=O) groups is 3. The van der Waals surface area contributed by atoms with Crippen molar-refractivity contribution in [2.24, 2.45) is 0 Å².